The number of benzene rings is 3. The predicted octanol–water partition coefficient (Wildman–Crippen LogP) is 11.7. The number of methoxy groups -OCH3 is 3. The molecule has 0 bridgehead atoms. The molecule has 3 heterocycles. The summed E-state index contributed by atoms with van der Waals surface area (Å²) in [6.45, 7) is 20.3. The van der Waals surface area contributed by atoms with Gasteiger partial charge in [-0.15, -0.1) is 23.5 Å². The van der Waals surface area contributed by atoms with Crippen LogP contribution >= 0.6 is 23.5 Å². The van der Waals surface area contributed by atoms with Crippen molar-refractivity contribution in [2.45, 2.75) is 239 Å². The fourth-order valence-electron chi connectivity index (χ4n) is 15.7. The van der Waals surface area contributed by atoms with Crippen molar-refractivity contribution in [1.82, 2.24) is 0 Å². The first-order valence-corrected chi connectivity index (χ1v) is 33.8. The molecule has 492 valence electrons. The molecule has 0 spiro atoms. The smallest absolute Gasteiger partial charge is 0.338 e. The van der Waals surface area contributed by atoms with E-state index in [0.717, 1.165) is 16.2 Å². The van der Waals surface area contributed by atoms with Gasteiger partial charge in [0.05, 0.1) is 51.5 Å². The Balaban J connectivity index is 0.902. The van der Waals surface area contributed by atoms with Gasteiger partial charge < -0.3 is 61.9 Å². The van der Waals surface area contributed by atoms with Crippen LogP contribution in [0.2, 0.25) is 0 Å². The SMILES string of the molecule is CC=C(C)C(=O)O[C@@H]1CC2C(CC=C3C[C@@H](OC4OC(C)C(OC5OC(C)C(OC6OC(C)C(OC(=O)c7ccccc7)C(OC)C6OC(=O)C(C)(C)C)C(OC)C5Sc5ccccc5)C(OC)C4Sc4ccccc4)CC[C@@]32C)[C@@]2(O)CCC(C(C)=O)[C@@]12C. The van der Waals surface area contributed by atoms with E-state index < -0.39 is 137 Å². The molecule has 10 rings (SSSR count). The summed E-state index contributed by atoms with van der Waals surface area (Å²) in [5.41, 5.74) is -1.29. The number of carbonyl (C=O) groups is 4. The Bertz CT molecular complexity index is 3030. The molecule has 23 atom stereocenters. The summed E-state index contributed by atoms with van der Waals surface area (Å²) in [5, 5.41) is 12.1. The number of Topliss-reactive ketones (excluding diaryl/α,β-unsaturated/α-hetero) is 1. The van der Waals surface area contributed by atoms with Gasteiger partial charge in [0.25, 0.3) is 0 Å². The minimum atomic E-state index is -1.24. The molecule has 0 amide bonds. The lowest BCUT2D eigenvalue weighted by molar-refractivity contribution is -0.350. The van der Waals surface area contributed by atoms with Crippen molar-refractivity contribution in [3.05, 3.63) is 120 Å². The quantitative estimate of drug-likeness (QED) is 0.0514. The highest BCUT2D eigenvalue weighted by atomic mass is 32.2. The molecular formula is C71H94O17S2. The summed E-state index contributed by atoms with van der Waals surface area (Å²) in [6.07, 6.45) is -3.51. The van der Waals surface area contributed by atoms with Crippen LogP contribution in [0.3, 0.4) is 0 Å². The maximum atomic E-state index is 13.9. The Morgan fingerprint density at radius 2 is 1.14 bits per heavy atom. The minimum absolute atomic E-state index is 0.00385. The molecule has 18 unspecified atom stereocenters. The van der Waals surface area contributed by atoms with Crippen molar-refractivity contribution in [1.29, 1.82) is 0 Å². The van der Waals surface area contributed by atoms with Gasteiger partial charge in [-0.05, 0) is 161 Å². The third kappa shape index (κ3) is 13.5. The number of carbonyl (C=O) groups excluding carboxylic acids is 4. The maximum absolute atomic E-state index is 13.9. The molecule has 1 N–H and O–H groups in total. The van der Waals surface area contributed by atoms with Crippen LogP contribution < -0.4 is 0 Å². The van der Waals surface area contributed by atoms with E-state index in [-0.39, 0.29) is 29.1 Å². The average molecular weight is 1280 g/mol. The van der Waals surface area contributed by atoms with E-state index in [1.807, 2.05) is 82.3 Å². The first-order chi connectivity index (χ1) is 42.9. The summed E-state index contributed by atoms with van der Waals surface area (Å²) < 4.78 is 80.4. The lowest BCUT2D eigenvalue weighted by atomic mass is 9.45. The summed E-state index contributed by atoms with van der Waals surface area (Å²) >= 11 is 3.13. The van der Waals surface area contributed by atoms with E-state index in [4.69, 9.17) is 56.8 Å². The van der Waals surface area contributed by atoms with Crippen LogP contribution in [0.4, 0.5) is 0 Å². The standard InChI is InChI=1S/C71H94O17S2/c1-15-39(2)62(73)84-52-38-51-50(71(76)36-34-49(40(3)72)70(52,71)11)32-31-45-37-46(33-35-69(45,51)10)83-65-60(89-47-27-21-17-22-28-47)58(79-14)55(43(6)81-65)87-66-61(90-48-29-23-18-24-30-48)57(78-13)54(42(5)82-66)86-64-59(88-67(75)68(7,8)9)56(77-12)53(41(4)80-64)85-63(74)44-25-19-16-20-26-44/h15-31,41-43,46,49-61,64-66,76H,32-38H2,1-14H3/t41?,42?,43?,46-,49?,50?,51?,52+,53?,54?,55?,56?,57?,58?,59?,60?,61?,64?,65?,66?,69-,70-,71-/m0/s1. The number of hydrogen-bond acceptors (Lipinski definition) is 19. The van der Waals surface area contributed by atoms with E-state index in [1.54, 1.807) is 97.9 Å². The Hall–Kier alpha value is -4.48. The average Bonchev–Trinajstić information content (AvgIpc) is 1.40. The van der Waals surface area contributed by atoms with Gasteiger partial charge in [0.1, 0.15) is 42.4 Å². The van der Waals surface area contributed by atoms with Gasteiger partial charge in [0, 0.05) is 48.0 Å². The zero-order valence-corrected chi connectivity index (χ0v) is 56.2. The molecule has 3 aliphatic heterocycles. The van der Waals surface area contributed by atoms with Crippen LogP contribution in [0.1, 0.15) is 131 Å². The highest BCUT2D eigenvalue weighted by molar-refractivity contribution is 8.00. The Morgan fingerprint density at radius 1 is 0.622 bits per heavy atom. The van der Waals surface area contributed by atoms with Crippen LogP contribution in [0.5, 0.6) is 0 Å². The van der Waals surface area contributed by atoms with Gasteiger partial charge in [-0.3, -0.25) is 9.59 Å². The molecule has 90 heavy (non-hydrogen) atoms. The Kier molecular flexibility index (Phi) is 21.4. The molecule has 3 saturated carbocycles. The summed E-state index contributed by atoms with van der Waals surface area (Å²) in [7, 11) is 4.79. The molecule has 0 radical (unpaired) electrons. The summed E-state index contributed by atoms with van der Waals surface area (Å²) in [4.78, 5) is 56.3. The van der Waals surface area contributed by atoms with Gasteiger partial charge in [-0.2, -0.15) is 0 Å². The predicted molar refractivity (Wildman–Crippen MR) is 339 cm³/mol. The number of allylic oxidation sites excluding steroid dienone is 2. The van der Waals surface area contributed by atoms with Gasteiger partial charge >= 0.3 is 17.9 Å². The van der Waals surface area contributed by atoms with E-state index in [9.17, 15) is 24.3 Å². The van der Waals surface area contributed by atoms with Crippen LogP contribution in [-0.4, -0.2) is 158 Å². The number of ketones is 1. The molecule has 4 aliphatic carbocycles. The van der Waals surface area contributed by atoms with Crippen LogP contribution in [-0.2, 0) is 71.2 Å². The number of esters is 3. The van der Waals surface area contributed by atoms with E-state index in [2.05, 4.69) is 25.1 Å². The zero-order chi connectivity index (χ0) is 64.6. The molecule has 3 saturated heterocycles. The van der Waals surface area contributed by atoms with E-state index in [1.165, 1.54) is 24.4 Å². The third-order valence-electron chi connectivity index (χ3n) is 20.9. The van der Waals surface area contributed by atoms with Gasteiger partial charge in [-0.25, -0.2) is 9.59 Å². The van der Waals surface area contributed by atoms with Crippen molar-refractivity contribution in [2.24, 2.45) is 34.0 Å². The van der Waals surface area contributed by atoms with Crippen molar-refractivity contribution < 1.29 is 81.1 Å². The molecule has 0 aromatic heterocycles. The second-order valence-corrected chi connectivity index (χ2v) is 29.7. The van der Waals surface area contributed by atoms with E-state index in [0.29, 0.717) is 49.7 Å². The topological polar surface area (TPSA) is 199 Å². The number of thioether (sulfide) groups is 2. The van der Waals surface area contributed by atoms with Crippen molar-refractivity contribution in [3.8, 4) is 0 Å². The number of rotatable bonds is 19. The van der Waals surface area contributed by atoms with Gasteiger partial charge in [-0.1, -0.05) is 86.2 Å². The van der Waals surface area contributed by atoms with Crippen LogP contribution in [0.25, 0.3) is 0 Å². The Labute approximate surface area is 540 Å². The molecule has 19 heteroatoms. The Morgan fingerprint density at radius 3 is 1.68 bits per heavy atom. The number of hydrogen-bond donors (Lipinski definition) is 1. The van der Waals surface area contributed by atoms with Crippen molar-refractivity contribution in [2.75, 3.05) is 21.3 Å². The highest BCUT2D eigenvalue weighted by Crippen LogP contribution is 2.69. The second-order valence-electron chi connectivity index (χ2n) is 27.2. The number of aliphatic hydroxyl groups is 1. The lowest BCUT2D eigenvalue weighted by Gasteiger charge is -2.63. The second kappa shape index (κ2) is 28.2. The van der Waals surface area contributed by atoms with Crippen LogP contribution in [0.15, 0.2) is 124 Å². The van der Waals surface area contributed by atoms with Crippen molar-refractivity contribution >= 4 is 47.2 Å². The number of ether oxygens (including phenoxy) is 12. The summed E-state index contributed by atoms with van der Waals surface area (Å²) in [5.74, 6) is -2.06. The van der Waals surface area contributed by atoms with Gasteiger partial charge in [0.15, 0.2) is 31.1 Å². The fraction of sp³-hybridized carbons (Fsp3) is 0.634. The largest absolute Gasteiger partial charge is 0.458 e. The number of fused-ring (bicyclic) bond motifs is 5. The molecular weight excluding hydrogens is 1190 g/mol. The normalized spacial score (nSPS) is 39.4. The molecule has 6 fully saturated rings. The molecule has 17 nitrogen and oxygen atoms in total. The minimum Gasteiger partial charge on any atom is -0.458 e. The monoisotopic (exact) mass is 1280 g/mol. The summed E-state index contributed by atoms with van der Waals surface area (Å²) in [6, 6.07) is 28.7. The molecule has 3 aromatic carbocycles. The lowest BCUT2D eigenvalue weighted by Crippen LogP contribution is -2.67. The van der Waals surface area contributed by atoms with E-state index >= 15 is 0 Å². The molecule has 7 aliphatic rings. The first-order valence-electron chi connectivity index (χ1n) is 32.1. The maximum Gasteiger partial charge on any atom is 0.338 e. The first kappa shape index (κ1) is 68.4. The van der Waals surface area contributed by atoms with Crippen molar-refractivity contribution in [3.63, 3.8) is 0 Å². The fourth-order valence-corrected chi connectivity index (χ4v) is 18.2. The molecule has 3 aromatic rings. The zero-order valence-electron chi connectivity index (χ0n) is 54.6. The highest BCUT2D eigenvalue weighted by Gasteiger charge is 2.72. The van der Waals surface area contributed by atoms with Gasteiger partial charge in [0.2, 0.25) is 0 Å². The third-order valence-corrected chi connectivity index (χ3v) is 23.5. The van der Waals surface area contributed by atoms with Crippen LogP contribution in [0, 0.1) is 34.0 Å².